The molecule has 3 aromatic carbocycles. The van der Waals surface area contributed by atoms with Crippen molar-refractivity contribution in [3.05, 3.63) is 36.4 Å². The van der Waals surface area contributed by atoms with Crippen molar-refractivity contribution in [2.75, 3.05) is 0 Å². The molecular weight excluding hydrogens is 424 g/mol. The minimum atomic E-state index is 0.0426. The molecule has 4 unspecified atom stereocenters. The Balaban J connectivity index is 2.47. The summed E-state index contributed by atoms with van der Waals surface area (Å²) in [6, 6.07) is 12.4. The first kappa shape index (κ1) is 26.0. The lowest BCUT2D eigenvalue weighted by Crippen LogP contribution is -2.15. The molecule has 0 amide bonds. The lowest BCUT2D eigenvalue weighted by atomic mass is 9.98. The van der Waals surface area contributed by atoms with Gasteiger partial charge in [-0.05, 0) is 65.5 Å². The third kappa shape index (κ3) is 5.54. The molecule has 0 aromatic heterocycles. The van der Waals surface area contributed by atoms with E-state index in [0.717, 1.165) is 70.2 Å². The topological polar surface area (TPSA) is 36.9 Å². The second kappa shape index (κ2) is 11.7. The summed E-state index contributed by atoms with van der Waals surface area (Å²) in [5.74, 6) is 3.31. The number of rotatable bonds is 12. The first-order valence-corrected chi connectivity index (χ1v) is 13.0. The quantitative estimate of drug-likeness (QED) is 0.250. The maximum atomic E-state index is 6.67. The van der Waals surface area contributed by atoms with Crippen LogP contribution in [0.15, 0.2) is 36.4 Å². The molecule has 0 aliphatic carbocycles. The SMILES string of the molecule is CCC(C)Oc1c2cccc(OC(C)CC)c2c(OC(C)CC)c2c(OC(C)CC)cccc12. The molecule has 0 saturated heterocycles. The summed E-state index contributed by atoms with van der Waals surface area (Å²) >= 11 is 0. The molecule has 4 nitrogen and oxygen atoms in total. The predicted octanol–water partition coefficient (Wildman–Crippen LogP) is 8.70. The van der Waals surface area contributed by atoms with Crippen LogP contribution in [0.4, 0.5) is 0 Å². The molecule has 0 fully saturated rings. The molecule has 4 atom stereocenters. The predicted molar refractivity (Wildman–Crippen MR) is 143 cm³/mol. The summed E-state index contributed by atoms with van der Waals surface area (Å²) in [5, 5.41) is 3.92. The number of hydrogen-bond acceptors (Lipinski definition) is 4. The van der Waals surface area contributed by atoms with Crippen LogP contribution in [0.2, 0.25) is 0 Å². The number of benzene rings is 3. The number of hydrogen-bond donors (Lipinski definition) is 0. The largest absolute Gasteiger partial charge is 0.490 e. The zero-order valence-corrected chi connectivity index (χ0v) is 22.2. The Hall–Kier alpha value is -2.62. The van der Waals surface area contributed by atoms with E-state index in [1.165, 1.54) is 0 Å². The van der Waals surface area contributed by atoms with Gasteiger partial charge in [0.05, 0.1) is 35.2 Å². The molecule has 0 spiro atoms. The van der Waals surface area contributed by atoms with E-state index in [-0.39, 0.29) is 24.4 Å². The maximum Gasteiger partial charge on any atom is 0.143 e. The maximum absolute atomic E-state index is 6.67. The number of fused-ring (bicyclic) bond motifs is 2. The Morgan fingerprint density at radius 3 is 1.24 bits per heavy atom. The summed E-state index contributed by atoms with van der Waals surface area (Å²) in [4.78, 5) is 0. The van der Waals surface area contributed by atoms with E-state index in [0.29, 0.717) is 0 Å². The first-order valence-electron chi connectivity index (χ1n) is 13.0. The molecule has 0 radical (unpaired) electrons. The molecule has 3 aromatic rings. The molecule has 186 valence electrons. The minimum Gasteiger partial charge on any atom is -0.490 e. The van der Waals surface area contributed by atoms with Gasteiger partial charge >= 0.3 is 0 Å². The van der Waals surface area contributed by atoms with Crippen molar-refractivity contribution in [2.24, 2.45) is 0 Å². The van der Waals surface area contributed by atoms with Crippen molar-refractivity contribution >= 4 is 21.5 Å². The van der Waals surface area contributed by atoms with Crippen molar-refractivity contribution < 1.29 is 18.9 Å². The lowest BCUT2D eigenvalue weighted by Gasteiger charge is -2.25. The van der Waals surface area contributed by atoms with Gasteiger partial charge in [-0.25, -0.2) is 0 Å². The molecule has 0 saturated carbocycles. The van der Waals surface area contributed by atoms with Gasteiger partial charge in [0.2, 0.25) is 0 Å². The Bertz CT molecular complexity index is 1020. The normalized spacial score (nSPS) is 15.1. The van der Waals surface area contributed by atoms with Crippen molar-refractivity contribution in [3.63, 3.8) is 0 Å². The average molecular weight is 467 g/mol. The molecule has 3 rings (SSSR count). The van der Waals surface area contributed by atoms with E-state index in [1.807, 2.05) is 24.3 Å². The summed E-state index contributed by atoms with van der Waals surface area (Å²) < 4.78 is 26.1. The van der Waals surface area contributed by atoms with E-state index in [2.05, 4.69) is 67.5 Å². The molecule has 34 heavy (non-hydrogen) atoms. The zero-order valence-electron chi connectivity index (χ0n) is 22.2. The van der Waals surface area contributed by atoms with Crippen LogP contribution in [0.1, 0.15) is 81.1 Å². The first-order chi connectivity index (χ1) is 16.3. The van der Waals surface area contributed by atoms with E-state index in [1.54, 1.807) is 0 Å². The van der Waals surface area contributed by atoms with Crippen LogP contribution < -0.4 is 18.9 Å². The molecule has 0 N–H and O–H groups in total. The monoisotopic (exact) mass is 466 g/mol. The van der Waals surface area contributed by atoms with Crippen LogP contribution in [0.5, 0.6) is 23.0 Å². The third-order valence-corrected chi connectivity index (χ3v) is 6.59. The molecule has 4 heteroatoms. The van der Waals surface area contributed by atoms with Gasteiger partial charge in [0.1, 0.15) is 23.0 Å². The highest BCUT2D eigenvalue weighted by molar-refractivity contribution is 6.15. The zero-order chi connectivity index (χ0) is 24.8. The van der Waals surface area contributed by atoms with Gasteiger partial charge in [-0.1, -0.05) is 52.0 Å². The fraction of sp³-hybridized carbons (Fsp3) is 0.533. The average Bonchev–Trinajstić information content (AvgIpc) is 2.85. The fourth-order valence-electron chi connectivity index (χ4n) is 3.79. The summed E-state index contributed by atoms with van der Waals surface area (Å²) in [6.45, 7) is 17.0. The number of ether oxygens (including phenoxy) is 4. The van der Waals surface area contributed by atoms with Crippen LogP contribution in [0.3, 0.4) is 0 Å². The van der Waals surface area contributed by atoms with Crippen molar-refractivity contribution in [1.82, 2.24) is 0 Å². The molecular formula is C30H42O4. The van der Waals surface area contributed by atoms with Crippen LogP contribution in [-0.2, 0) is 0 Å². The lowest BCUT2D eigenvalue weighted by molar-refractivity contribution is 0.207. The fourth-order valence-corrected chi connectivity index (χ4v) is 3.79. The van der Waals surface area contributed by atoms with Crippen molar-refractivity contribution in [2.45, 2.75) is 105 Å². The second-order valence-electron chi connectivity index (χ2n) is 9.36. The van der Waals surface area contributed by atoms with Crippen LogP contribution in [0, 0.1) is 0 Å². The standard InChI is InChI=1S/C30H42O4/c1-9-19(5)31-25-17-13-15-23-27(25)30(34-22(8)12-4)28-24(29(23)33-21(7)11-3)16-14-18-26(28)32-20(6)10-2/h13-22H,9-12H2,1-8H3. The highest BCUT2D eigenvalue weighted by atomic mass is 16.5. The third-order valence-electron chi connectivity index (χ3n) is 6.59. The van der Waals surface area contributed by atoms with Crippen LogP contribution in [-0.4, -0.2) is 24.4 Å². The molecule has 0 aliphatic heterocycles. The van der Waals surface area contributed by atoms with Crippen LogP contribution in [0.25, 0.3) is 21.5 Å². The van der Waals surface area contributed by atoms with Gasteiger partial charge in [0, 0.05) is 10.8 Å². The molecule has 0 aliphatic rings. The van der Waals surface area contributed by atoms with Gasteiger partial charge in [0.15, 0.2) is 0 Å². The Kier molecular flexibility index (Phi) is 8.93. The van der Waals surface area contributed by atoms with Gasteiger partial charge in [0.25, 0.3) is 0 Å². The Labute approximate surface area is 205 Å². The van der Waals surface area contributed by atoms with Crippen molar-refractivity contribution in [1.29, 1.82) is 0 Å². The van der Waals surface area contributed by atoms with Gasteiger partial charge < -0.3 is 18.9 Å². The van der Waals surface area contributed by atoms with Crippen molar-refractivity contribution in [3.8, 4) is 23.0 Å². The summed E-state index contributed by atoms with van der Waals surface area (Å²) in [6.07, 6.45) is 3.95. The smallest absolute Gasteiger partial charge is 0.143 e. The van der Waals surface area contributed by atoms with E-state index in [4.69, 9.17) is 18.9 Å². The Morgan fingerprint density at radius 2 is 0.853 bits per heavy atom. The Morgan fingerprint density at radius 1 is 0.500 bits per heavy atom. The second-order valence-corrected chi connectivity index (χ2v) is 9.36. The van der Waals surface area contributed by atoms with Gasteiger partial charge in [-0.3, -0.25) is 0 Å². The summed E-state index contributed by atoms with van der Waals surface area (Å²) in [5.41, 5.74) is 0. The minimum absolute atomic E-state index is 0.0426. The van der Waals surface area contributed by atoms with Gasteiger partial charge in [-0.2, -0.15) is 0 Å². The van der Waals surface area contributed by atoms with Gasteiger partial charge in [-0.15, -0.1) is 0 Å². The molecule has 0 heterocycles. The van der Waals surface area contributed by atoms with E-state index in [9.17, 15) is 0 Å². The molecule has 0 bridgehead atoms. The highest BCUT2D eigenvalue weighted by Crippen LogP contribution is 2.50. The summed E-state index contributed by atoms with van der Waals surface area (Å²) in [7, 11) is 0. The van der Waals surface area contributed by atoms with E-state index < -0.39 is 0 Å². The van der Waals surface area contributed by atoms with Crippen LogP contribution >= 0.6 is 0 Å². The van der Waals surface area contributed by atoms with E-state index >= 15 is 0 Å². The highest BCUT2D eigenvalue weighted by Gasteiger charge is 2.25.